The van der Waals surface area contributed by atoms with Crippen LogP contribution in [0, 0.1) is 5.41 Å². The highest BCUT2D eigenvalue weighted by Gasteiger charge is 2.37. The molecule has 0 spiro atoms. The fourth-order valence-corrected chi connectivity index (χ4v) is 6.32. The van der Waals surface area contributed by atoms with E-state index in [0.29, 0.717) is 35.2 Å². The number of aromatic amines is 1. The lowest BCUT2D eigenvalue weighted by Gasteiger charge is -2.41. The number of aromatic nitrogens is 2. The first-order chi connectivity index (χ1) is 18.0. The molecule has 2 aliphatic heterocycles. The summed E-state index contributed by atoms with van der Waals surface area (Å²) in [5.41, 5.74) is 1.66. The van der Waals surface area contributed by atoms with E-state index < -0.39 is 11.5 Å². The molecule has 2 aliphatic rings. The summed E-state index contributed by atoms with van der Waals surface area (Å²) in [7, 11) is 2.06. The highest BCUT2D eigenvalue weighted by molar-refractivity contribution is 7.13. The van der Waals surface area contributed by atoms with Crippen LogP contribution >= 0.6 is 35.3 Å². The lowest BCUT2D eigenvalue weighted by atomic mass is 9.91. The van der Waals surface area contributed by atoms with Crippen LogP contribution in [0.2, 0.25) is 5.02 Å². The molecule has 0 aliphatic carbocycles. The number of halogens is 2. The van der Waals surface area contributed by atoms with Gasteiger partial charge in [-0.05, 0) is 37.7 Å². The van der Waals surface area contributed by atoms with Crippen LogP contribution in [0.25, 0.3) is 10.9 Å². The molecule has 3 aromatic rings. The smallest absolute Gasteiger partial charge is 0.280 e. The number of hydrogen-bond donors (Lipinski definition) is 3. The van der Waals surface area contributed by atoms with Gasteiger partial charge in [-0.2, -0.15) is 0 Å². The predicted molar refractivity (Wildman–Crippen MR) is 156 cm³/mol. The van der Waals surface area contributed by atoms with Gasteiger partial charge < -0.3 is 25.4 Å². The number of benzene rings is 1. The number of amides is 3. The van der Waals surface area contributed by atoms with E-state index in [0.717, 1.165) is 41.0 Å². The second kappa shape index (κ2) is 11.4. The van der Waals surface area contributed by atoms with Crippen molar-refractivity contribution in [1.29, 1.82) is 0 Å². The van der Waals surface area contributed by atoms with Crippen molar-refractivity contribution in [3.8, 4) is 0 Å². The van der Waals surface area contributed by atoms with Gasteiger partial charge in [-0.25, -0.2) is 4.98 Å². The molecule has 0 bridgehead atoms. The lowest BCUT2D eigenvalue weighted by molar-refractivity contribution is -0.141. The number of H-pyrrole nitrogens is 1. The molecule has 0 radical (unpaired) electrons. The van der Waals surface area contributed by atoms with Gasteiger partial charge in [0, 0.05) is 58.8 Å². The molecule has 3 amide bonds. The number of likely N-dealkylation sites (tertiary alicyclic amines) is 1. The fraction of sp³-hybridized carbons (Fsp3) is 0.481. The number of thiazole rings is 1. The van der Waals surface area contributed by atoms with E-state index in [1.807, 2.05) is 26.8 Å². The fourth-order valence-electron chi connectivity index (χ4n) is 5.05. The third kappa shape index (κ3) is 6.40. The van der Waals surface area contributed by atoms with E-state index in [2.05, 4.69) is 32.5 Å². The number of piperidine rings is 1. The van der Waals surface area contributed by atoms with Crippen molar-refractivity contribution in [2.45, 2.75) is 52.2 Å². The van der Waals surface area contributed by atoms with Gasteiger partial charge in [0.25, 0.3) is 11.8 Å². The minimum Gasteiger partial charge on any atom is -0.351 e. The second-order valence-corrected chi connectivity index (χ2v) is 12.8. The van der Waals surface area contributed by atoms with Crippen LogP contribution in [0.1, 0.15) is 58.1 Å². The number of carbonyl (C=O) groups excluding carboxylic acids is 3. The molecule has 1 aromatic carbocycles. The Morgan fingerprint density at radius 3 is 2.59 bits per heavy atom. The average molecular weight is 594 g/mol. The zero-order chi connectivity index (χ0) is 27.2. The monoisotopic (exact) mass is 592 g/mol. The predicted octanol–water partition coefficient (Wildman–Crippen LogP) is 3.86. The molecule has 3 N–H and O–H groups in total. The molecule has 4 heterocycles. The van der Waals surface area contributed by atoms with Crippen LogP contribution in [0.15, 0.2) is 24.3 Å². The van der Waals surface area contributed by atoms with Crippen LogP contribution in [0.3, 0.4) is 0 Å². The van der Waals surface area contributed by atoms with E-state index in [4.69, 9.17) is 11.6 Å². The Morgan fingerprint density at radius 2 is 1.85 bits per heavy atom. The van der Waals surface area contributed by atoms with Crippen LogP contribution in [0.5, 0.6) is 0 Å². The Balaban J connectivity index is 0.00000353. The molecule has 39 heavy (non-hydrogen) atoms. The Hall–Kier alpha value is -2.66. The third-order valence-corrected chi connectivity index (χ3v) is 8.43. The number of hydrogen-bond acceptors (Lipinski definition) is 6. The minimum atomic E-state index is -0.545. The quantitative estimate of drug-likeness (QED) is 0.426. The summed E-state index contributed by atoms with van der Waals surface area (Å²) in [6, 6.07) is 6.35. The summed E-state index contributed by atoms with van der Waals surface area (Å²) in [5, 5.41) is 8.04. The number of rotatable bonds is 4. The van der Waals surface area contributed by atoms with Crippen molar-refractivity contribution in [3.05, 3.63) is 50.6 Å². The second-order valence-electron chi connectivity index (χ2n) is 11.2. The van der Waals surface area contributed by atoms with Crippen molar-refractivity contribution < 1.29 is 14.4 Å². The van der Waals surface area contributed by atoms with Gasteiger partial charge in [0.15, 0.2) is 5.01 Å². The zero-order valence-corrected chi connectivity index (χ0v) is 24.9. The number of fused-ring (bicyclic) bond motifs is 2. The molecule has 9 nitrogen and oxygen atoms in total. The van der Waals surface area contributed by atoms with Gasteiger partial charge in [0.2, 0.25) is 5.91 Å². The van der Waals surface area contributed by atoms with E-state index in [1.165, 1.54) is 11.3 Å². The molecule has 12 heteroatoms. The maximum absolute atomic E-state index is 13.3. The van der Waals surface area contributed by atoms with E-state index >= 15 is 0 Å². The molecule has 1 fully saturated rings. The van der Waals surface area contributed by atoms with Crippen molar-refractivity contribution in [2.24, 2.45) is 5.41 Å². The number of carbonyl (C=O) groups is 3. The van der Waals surface area contributed by atoms with Gasteiger partial charge in [-0.15, -0.1) is 23.7 Å². The lowest BCUT2D eigenvalue weighted by Crippen LogP contribution is -2.62. The number of nitrogens with one attached hydrogen (secondary N) is 3. The summed E-state index contributed by atoms with van der Waals surface area (Å²) in [6.07, 6.45) is 1.34. The summed E-state index contributed by atoms with van der Waals surface area (Å²) >= 11 is 7.51. The highest BCUT2D eigenvalue weighted by Crippen LogP contribution is 2.26. The third-order valence-electron chi connectivity index (χ3n) is 7.12. The first-order valence-electron chi connectivity index (χ1n) is 12.8. The number of likely N-dealkylation sites (N-methyl/N-ethyl adjacent to an activating group) is 1. The van der Waals surface area contributed by atoms with Crippen molar-refractivity contribution in [3.63, 3.8) is 0 Å². The largest absolute Gasteiger partial charge is 0.351 e. The first-order valence-corrected chi connectivity index (χ1v) is 14.0. The van der Waals surface area contributed by atoms with E-state index in [1.54, 1.807) is 23.1 Å². The van der Waals surface area contributed by atoms with Crippen LogP contribution in [0.4, 0.5) is 0 Å². The van der Waals surface area contributed by atoms with Gasteiger partial charge in [-0.1, -0.05) is 32.4 Å². The summed E-state index contributed by atoms with van der Waals surface area (Å²) in [6.45, 7) is 8.16. The minimum absolute atomic E-state index is 0. The topological polar surface area (TPSA) is 110 Å². The van der Waals surface area contributed by atoms with Crippen LogP contribution in [-0.2, 0) is 17.8 Å². The molecule has 1 saturated heterocycles. The number of nitrogens with zero attached hydrogens (tertiary/aromatic N) is 3. The molecule has 210 valence electrons. The van der Waals surface area contributed by atoms with Gasteiger partial charge in [0.1, 0.15) is 5.69 Å². The maximum Gasteiger partial charge on any atom is 0.280 e. The molecule has 0 saturated carbocycles. The molecule has 2 unspecified atom stereocenters. The van der Waals surface area contributed by atoms with E-state index in [-0.39, 0.29) is 36.2 Å². The van der Waals surface area contributed by atoms with Gasteiger partial charge in [0.05, 0.1) is 17.8 Å². The summed E-state index contributed by atoms with van der Waals surface area (Å²) in [5.74, 6) is -0.534. The standard InChI is InChI=1S/C27H33ClN6O3S.ClH/c1-27(2,3)26(37)34-10-8-18(30-23(35)20-12-15-11-16(28)5-6-17(15)29-20)21(13-34)31-24(36)25-32-19-7-9-33(4)14-22(19)38-25;/h5-6,11-12,18,21,29H,7-10,13-14H2,1-4H3,(H,30,35)(H,31,36);1H. The summed E-state index contributed by atoms with van der Waals surface area (Å²) in [4.78, 5) is 52.4. The molecule has 2 aromatic heterocycles. The molecular weight excluding hydrogens is 559 g/mol. The van der Waals surface area contributed by atoms with Crippen molar-refractivity contribution in [2.75, 3.05) is 26.7 Å². The average Bonchev–Trinajstić information content (AvgIpc) is 3.47. The molecular formula is C27H34Cl2N6O3S. The zero-order valence-electron chi connectivity index (χ0n) is 22.5. The molecule has 2 atom stereocenters. The van der Waals surface area contributed by atoms with Crippen LogP contribution in [-0.4, -0.2) is 76.3 Å². The maximum atomic E-state index is 13.3. The van der Waals surface area contributed by atoms with Crippen LogP contribution < -0.4 is 10.6 Å². The first kappa shape index (κ1) is 29.3. The van der Waals surface area contributed by atoms with Gasteiger partial charge >= 0.3 is 0 Å². The highest BCUT2D eigenvalue weighted by atomic mass is 35.5. The Kier molecular flexibility index (Phi) is 8.61. The summed E-state index contributed by atoms with van der Waals surface area (Å²) < 4.78 is 0. The normalized spacial score (nSPS) is 19.8. The Morgan fingerprint density at radius 1 is 1.10 bits per heavy atom. The molecule has 5 rings (SSSR count). The van der Waals surface area contributed by atoms with Crippen molar-refractivity contribution >= 4 is 64.0 Å². The van der Waals surface area contributed by atoms with Gasteiger partial charge in [-0.3, -0.25) is 14.4 Å². The van der Waals surface area contributed by atoms with Crippen molar-refractivity contribution in [1.82, 2.24) is 30.4 Å². The SMILES string of the molecule is CN1CCc2nc(C(=O)NC3CN(C(=O)C(C)(C)C)CCC3NC(=O)c3cc4cc(Cl)ccc4[nH]3)sc2C1.Cl. The Bertz CT molecular complexity index is 1400. The van der Waals surface area contributed by atoms with E-state index in [9.17, 15) is 14.4 Å². The Labute approximate surface area is 243 Å².